The number of hydrogen-bond acceptors (Lipinski definition) is 5. The third-order valence-corrected chi connectivity index (χ3v) is 5.69. The van der Waals surface area contributed by atoms with Crippen molar-refractivity contribution < 1.29 is 22.4 Å². The Bertz CT molecular complexity index is 1640. The maximum atomic E-state index is 14.1. The first-order valence-corrected chi connectivity index (χ1v) is 10.8. The predicted molar refractivity (Wildman–Crippen MR) is 125 cm³/mol. The van der Waals surface area contributed by atoms with Gasteiger partial charge < -0.3 is 11.1 Å². The lowest BCUT2D eigenvalue weighted by Crippen LogP contribution is -2.16. The predicted octanol–water partition coefficient (Wildman–Crippen LogP) is 5.16. The van der Waals surface area contributed by atoms with E-state index in [1.807, 2.05) is 18.2 Å². The van der Waals surface area contributed by atoms with E-state index in [1.165, 1.54) is 10.6 Å². The van der Waals surface area contributed by atoms with Gasteiger partial charge in [0.1, 0.15) is 40.0 Å². The zero-order valence-electron chi connectivity index (χ0n) is 19.0. The molecule has 5 rings (SSSR count). The maximum absolute atomic E-state index is 14.1. The monoisotopic (exact) mass is 497 g/mol. The van der Waals surface area contributed by atoms with Crippen LogP contribution in [0.2, 0.25) is 0 Å². The Morgan fingerprint density at radius 3 is 2.58 bits per heavy atom. The van der Waals surface area contributed by atoms with Gasteiger partial charge in [-0.2, -0.15) is 13.2 Å². The van der Waals surface area contributed by atoms with Gasteiger partial charge in [-0.05, 0) is 30.3 Å². The van der Waals surface area contributed by atoms with Crippen LogP contribution in [0.5, 0.6) is 0 Å². The molecule has 1 aromatic carbocycles. The molecule has 0 unspecified atom stereocenters. The van der Waals surface area contributed by atoms with E-state index in [0.717, 1.165) is 5.82 Å². The van der Waals surface area contributed by atoms with Crippen LogP contribution >= 0.6 is 0 Å². The Morgan fingerprint density at radius 1 is 1.08 bits per heavy atom. The normalized spacial score (nSPS) is 12.1. The highest BCUT2D eigenvalue weighted by atomic mass is 19.4. The molecule has 0 saturated heterocycles. The van der Waals surface area contributed by atoms with Crippen molar-refractivity contribution in [1.82, 2.24) is 23.8 Å². The number of anilines is 2. The number of aromatic nitrogens is 5. The first kappa shape index (κ1) is 23.3. The van der Waals surface area contributed by atoms with E-state index in [4.69, 9.17) is 10.7 Å². The molecule has 0 radical (unpaired) electrons. The van der Waals surface area contributed by atoms with Crippen LogP contribution in [0.1, 0.15) is 41.6 Å². The number of carbonyl (C=O) groups excluding carboxylic acids is 1. The number of amides is 1. The smallest absolute Gasteiger partial charge is 0.382 e. The number of hydrogen-bond donors (Lipinski definition) is 2. The fourth-order valence-corrected chi connectivity index (χ4v) is 3.98. The molecule has 0 aliphatic heterocycles. The highest BCUT2D eigenvalue weighted by Crippen LogP contribution is 2.33. The molecule has 4 aromatic heterocycles. The number of alkyl halides is 3. The van der Waals surface area contributed by atoms with Crippen molar-refractivity contribution >= 4 is 28.6 Å². The molecule has 184 valence electrons. The first-order chi connectivity index (χ1) is 17.0. The lowest BCUT2D eigenvalue weighted by Gasteiger charge is -2.11. The summed E-state index contributed by atoms with van der Waals surface area (Å²) in [4.78, 5) is 26.0. The molecule has 0 fully saturated rings. The molecule has 0 atom stereocenters. The number of benzene rings is 1. The van der Waals surface area contributed by atoms with Crippen molar-refractivity contribution in [2.75, 3.05) is 11.1 Å². The molecule has 0 aliphatic carbocycles. The van der Waals surface area contributed by atoms with Gasteiger partial charge in [0.05, 0.1) is 17.4 Å². The van der Waals surface area contributed by atoms with E-state index in [-0.39, 0.29) is 11.6 Å². The summed E-state index contributed by atoms with van der Waals surface area (Å²) >= 11 is 0. The lowest BCUT2D eigenvalue weighted by atomic mass is 10.1. The summed E-state index contributed by atoms with van der Waals surface area (Å²) in [6.07, 6.45) is 1.51. The van der Waals surface area contributed by atoms with E-state index in [0.29, 0.717) is 46.4 Å². The average Bonchev–Trinajstić information content (AvgIpc) is 3.42. The number of carbonyl (C=O) groups is 1. The molecule has 0 saturated carbocycles. The van der Waals surface area contributed by atoms with Crippen LogP contribution in [0.4, 0.5) is 29.1 Å². The number of nitrogens with two attached hydrogens (primary N) is 1. The van der Waals surface area contributed by atoms with E-state index in [2.05, 4.69) is 15.3 Å². The van der Waals surface area contributed by atoms with Crippen molar-refractivity contribution in [1.29, 1.82) is 0 Å². The second-order valence-corrected chi connectivity index (χ2v) is 8.44. The summed E-state index contributed by atoms with van der Waals surface area (Å²) < 4.78 is 56.4. The van der Waals surface area contributed by atoms with Crippen LogP contribution in [-0.2, 0) is 6.18 Å². The van der Waals surface area contributed by atoms with Gasteiger partial charge in [0.25, 0.3) is 5.91 Å². The number of rotatable bonds is 4. The summed E-state index contributed by atoms with van der Waals surface area (Å²) in [5.74, 6) is -0.615. The molecule has 12 heteroatoms. The minimum atomic E-state index is -4.68. The highest BCUT2D eigenvalue weighted by molar-refractivity contribution is 6.03. The molecular weight excluding hydrogens is 478 g/mol. The van der Waals surface area contributed by atoms with Crippen LogP contribution in [0.25, 0.3) is 22.4 Å². The Hall–Kier alpha value is -4.48. The van der Waals surface area contributed by atoms with Crippen molar-refractivity contribution in [2.45, 2.75) is 25.9 Å². The lowest BCUT2D eigenvalue weighted by molar-refractivity contribution is -0.137. The Morgan fingerprint density at radius 2 is 1.86 bits per heavy atom. The molecule has 8 nitrogen and oxygen atoms in total. The number of fused-ring (bicyclic) bond motifs is 2. The summed E-state index contributed by atoms with van der Waals surface area (Å²) in [6.45, 7) is 4.01. The summed E-state index contributed by atoms with van der Waals surface area (Å²) in [6, 6.07) is 5.20. The highest BCUT2D eigenvalue weighted by Gasteiger charge is 2.31. The van der Waals surface area contributed by atoms with Gasteiger partial charge in [0.2, 0.25) is 0 Å². The quantitative estimate of drug-likeness (QED) is 0.334. The second-order valence-electron chi connectivity index (χ2n) is 8.44. The van der Waals surface area contributed by atoms with E-state index in [9.17, 15) is 22.4 Å². The molecule has 0 aliphatic rings. The number of imidazole rings is 2. The fourth-order valence-electron chi connectivity index (χ4n) is 3.98. The van der Waals surface area contributed by atoms with Crippen LogP contribution in [0, 0.1) is 5.82 Å². The maximum Gasteiger partial charge on any atom is 0.416 e. The third-order valence-electron chi connectivity index (χ3n) is 5.69. The van der Waals surface area contributed by atoms with Crippen molar-refractivity contribution in [3.63, 3.8) is 0 Å². The van der Waals surface area contributed by atoms with Crippen LogP contribution in [-0.4, -0.2) is 29.7 Å². The fraction of sp³-hybridized carbons (Fsp3) is 0.167. The number of nitrogen functional groups attached to an aromatic ring is 1. The van der Waals surface area contributed by atoms with Gasteiger partial charge in [-0.15, -0.1) is 0 Å². The van der Waals surface area contributed by atoms with Gasteiger partial charge in [-0.3, -0.25) is 13.6 Å². The molecule has 3 N–H and O–H groups in total. The van der Waals surface area contributed by atoms with Crippen molar-refractivity contribution in [3.05, 3.63) is 78.0 Å². The van der Waals surface area contributed by atoms with Crippen LogP contribution in [0.15, 0.2) is 55.1 Å². The summed E-state index contributed by atoms with van der Waals surface area (Å²) in [5, 5.41) is 2.20. The third kappa shape index (κ3) is 3.89. The standard InChI is InChI=1S/C24H19F4N7O/c1-12(2)22-33-19(20-21(29)30-6-8-35(20)22)13-5-7-34-17(11-31-18(34)9-13)23(36)32-16-10-14(24(26,27)28)3-4-15(16)25/h3-12H,1-2H3,(H2,29,30)(H,32,36). The van der Waals surface area contributed by atoms with Crippen LogP contribution in [0.3, 0.4) is 0 Å². The zero-order chi connectivity index (χ0) is 25.8. The summed E-state index contributed by atoms with van der Waals surface area (Å²) in [7, 11) is 0. The molecule has 36 heavy (non-hydrogen) atoms. The number of nitrogens with zero attached hydrogens (tertiary/aromatic N) is 5. The van der Waals surface area contributed by atoms with Gasteiger partial charge in [-0.1, -0.05) is 13.8 Å². The minimum Gasteiger partial charge on any atom is -0.382 e. The number of pyridine rings is 1. The van der Waals surface area contributed by atoms with E-state index >= 15 is 0 Å². The van der Waals surface area contributed by atoms with E-state index in [1.54, 1.807) is 30.7 Å². The number of halogens is 4. The summed E-state index contributed by atoms with van der Waals surface area (Å²) in [5.41, 5.74) is 6.75. The van der Waals surface area contributed by atoms with Gasteiger partial charge in [0, 0.05) is 30.1 Å². The first-order valence-electron chi connectivity index (χ1n) is 10.8. The van der Waals surface area contributed by atoms with Gasteiger partial charge in [-0.25, -0.2) is 19.3 Å². The average molecular weight is 497 g/mol. The van der Waals surface area contributed by atoms with Gasteiger partial charge >= 0.3 is 6.18 Å². The second kappa shape index (κ2) is 8.33. The molecule has 5 aromatic rings. The number of nitrogens with one attached hydrogen (secondary N) is 1. The zero-order valence-corrected chi connectivity index (χ0v) is 19.0. The van der Waals surface area contributed by atoms with Crippen LogP contribution < -0.4 is 11.1 Å². The molecule has 0 bridgehead atoms. The molecule has 0 spiro atoms. The Balaban J connectivity index is 1.52. The topological polar surface area (TPSA) is 103 Å². The van der Waals surface area contributed by atoms with Gasteiger partial charge in [0.15, 0.2) is 0 Å². The largest absolute Gasteiger partial charge is 0.416 e. The molecule has 1 amide bonds. The SMILES string of the molecule is CC(C)c1nc(-c2ccn3c(C(=O)Nc4cc(C(F)(F)F)ccc4F)cnc3c2)c2c(N)nccn12. The minimum absolute atomic E-state index is 0.00658. The van der Waals surface area contributed by atoms with Crippen molar-refractivity contribution in [3.8, 4) is 11.3 Å². The molecular formula is C24H19F4N7O. The Labute approximate surface area is 201 Å². The molecule has 4 heterocycles. The van der Waals surface area contributed by atoms with E-state index < -0.39 is 29.2 Å². The Kier molecular flexibility index (Phi) is 5.38. The van der Waals surface area contributed by atoms with Crippen molar-refractivity contribution in [2.24, 2.45) is 0 Å².